The monoisotopic (exact) mass is 364 g/mol. The van der Waals surface area contributed by atoms with Crippen LogP contribution in [0.3, 0.4) is 0 Å². The van der Waals surface area contributed by atoms with Gasteiger partial charge >= 0.3 is 0 Å². The van der Waals surface area contributed by atoms with Crippen LogP contribution in [-0.4, -0.2) is 8.42 Å². The summed E-state index contributed by atoms with van der Waals surface area (Å²) in [6, 6.07) is 13.9. The van der Waals surface area contributed by atoms with E-state index in [1.54, 1.807) is 36.4 Å². The lowest BCUT2D eigenvalue weighted by molar-refractivity contribution is 0.600. The van der Waals surface area contributed by atoms with Gasteiger partial charge in [0.05, 0.1) is 23.1 Å². The first kappa shape index (κ1) is 15.5. The lowest BCUT2D eigenvalue weighted by Crippen LogP contribution is -2.15. The molecular formula is C15H13BrN2O2S. The van der Waals surface area contributed by atoms with Crippen LogP contribution in [0.1, 0.15) is 16.7 Å². The minimum Gasteiger partial charge on any atom is -0.282 e. The molecule has 0 radical (unpaired) electrons. The minimum absolute atomic E-state index is 0.140. The van der Waals surface area contributed by atoms with Gasteiger partial charge in [0.25, 0.3) is 0 Å². The molecule has 0 aliphatic carbocycles. The number of anilines is 1. The summed E-state index contributed by atoms with van der Waals surface area (Å²) >= 11 is 3.37. The zero-order valence-electron chi connectivity index (χ0n) is 11.3. The zero-order valence-corrected chi connectivity index (χ0v) is 13.7. The number of nitrogens with one attached hydrogen (secondary N) is 1. The van der Waals surface area contributed by atoms with Gasteiger partial charge in [0.2, 0.25) is 10.0 Å². The third-order valence-corrected chi connectivity index (χ3v) is 5.19. The number of nitriles is 1. The van der Waals surface area contributed by atoms with Gasteiger partial charge in [-0.05, 0) is 52.2 Å². The van der Waals surface area contributed by atoms with Crippen molar-refractivity contribution < 1.29 is 8.42 Å². The molecule has 0 aliphatic heterocycles. The number of rotatable bonds is 4. The molecule has 108 valence electrons. The molecular weight excluding hydrogens is 352 g/mol. The zero-order chi connectivity index (χ0) is 15.5. The third-order valence-electron chi connectivity index (χ3n) is 2.90. The lowest BCUT2D eigenvalue weighted by atomic mass is 10.2. The molecule has 0 spiro atoms. The van der Waals surface area contributed by atoms with Crippen molar-refractivity contribution in [1.29, 1.82) is 5.26 Å². The van der Waals surface area contributed by atoms with Crippen molar-refractivity contribution in [3.8, 4) is 6.07 Å². The Balaban J connectivity index is 2.18. The maximum absolute atomic E-state index is 12.2. The predicted octanol–water partition coefficient (Wildman–Crippen LogP) is 3.57. The van der Waals surface area contributed by atoms with Crippen LogP contribution in [0.25, 0.3) is 0 Å². The summed E-state index contributed by atoms with van der Waals surface area (Å²) in [6.07, 6.45) is 0. The smallest absolute Gasteiger partial charge is 0.236 e. The summed E-state index contributed by atoms with van der Waals surface area (Å²) in [5.74, 6) is -0.140. The highest BCUT2D eigenvalue weighted by molar-refractivity contribution is 9.10. The summed E-state index contributed by atoms with van der Waals surface area (Å²) in [7, 11) is -3.51. The Morgan fingerprint density at radius 3 is 2.48 bits per heavy atom. The normalized spacial score (nSPS) is 10.9. The van der Waals surface area contributed by atoms with Crippen LogP contribution in [0.4, 0.5) is 5.69 Å². The van der Waals surface area contributed by atoms with Gasteiger partial charge in [-0.25, -0.2) is 8.42 Å². The third kappa shape index (κ3) is 4.06. The molecule has 0 unspecified atom stereocenters. The molecule has 0 bridgehead atoms. The quantitative estimate of drug-likeness (QED) is 0.901. The number of benzene rings is 2. The van der Waals surface area contributed by atoms with Crippen LogP contribution in [-0.2, 0) is 15.8 Å². The van der Waals surface area contributed by atoms with Crippen LogP contribution in [0, 0.1) is 18.3 Å². The molecule has 4 nitrogen and oxygen atoms in total. The van der Waals surface area contributed by atoms with Crippen LogP contribution >= 0.6 is 15.9 Å². The van der Waals surface area contributed by atoms with E-state index in [-0.39, 0.29) is 5.75 Å². The van der Waals surface area contributed by atoms with Gasteiger partial charge in [-0.15, -0.1) is 0 Å². The number of sulfonamides is 1. The van der Waals surface area contributed by atoms with Crippen LogP contribution in [0.5, 0.6) is 0 Å². The van der Waals surface area contributed by atoms with E-state index in [0.717, 1.165) is 10.0 Å². The summed E-state index contributed by atoms with van der Waals surface area (Å²) in [5, 5.41) is 8.73. The Morgan fingerprint density at radius 1 is 1.19 bits per heavy atom. The van der Waals surface area contributed by atoms with Crippen molar-refractivity contribution in [2.45, 2.75) is 12.7 Å². The van der Waals surface area contributed by atoms with E-state index in [9.17, 15) is 8.42 Å². The second-order valence-electron chi connectivity index (χ2n) is 4.61. The fourth-order valence-corrected chi connectivity index (χ4v) is 3.53. The van der Waals surface area contributed by atoms with E-state index in [1.807, 2.05) is 19.1 Å². The molecule has 0 fully saturated rings. The Morgan fingerprint density at radius 2 is 1.86 bits per heavy atom. The Hall–Kier alpha value is -1.84. The number of aryl methyl sites for hydroxylation is 1. The van der Waals surface area contributed by atoms with E-state index < -0.39 is 10.0 Å². The highest BCUT2D eigenvalue weighted by atomic mass is 79.9. The van der Waals surface area contributed by atoms with Crippen molar-refractivity contribution in [3.63, 3.8) is 0 Å². The summed E-state index contributed by atoms with van der Waals surface area (Å²) in [4.78, 5) is 0. The van der Waals surface area contributed by atoms with Crippen LogP contribution in [0.15, 0.2) is 46.9 Å². The SMILES string of the molecule is Cc1cccc(NS(=O)(=O)Cc2ccc(C#N)cc2)c1Br. The molecule has 0 aromatic heterocycles. The predicted molar refractivity (Wildman–Crippen MR) is 86.3 cm³/mol. The molecule has 0 saturated carbocycles. The van der Waals surface area contributed by atoms with Crippen molar-refractivity contribution >= 4 is 31.6 Å². The van der Waals surface area contributed by atoms with E-state index in [0.29, 0.717) is 16.8 Å². The minimum atomic E-state index is -3.51. The number of nitrogens with zero attached hydrogens (tertiary/aromatic N) is 1. The molecule has 21 heavy (non-hydrogen) atoms. The first-order valence-corrected chi connectivity index (χ1v) is 8.60. The lowest BCUT2D eigenvalue weighted by Gasteiger charge is -2.11. The first-order chi connectivity index (χ1) is 9.91. The van der Waals surface area contributed by atoms with Gasteiger partial charge in [0.1, 0.15) is 0 Å². The molecule has 2 aromatic rings. The van der Waals surface area contributed by atoms with E-state index in [4.69, 9.17) is 5.26 Å². The molecule has 2 aromatic carbocycles. The first-order valence-electron chi connectivity index (χ1n) is 6.16. The average molecular weight is 365 g/mol. The van der Waals surface area contributed by atoms with Gasteiger partial charge in [-0.2, -0.15) is 5.26 Å². The van der Waals surface area contributed by atoms with Crippen molar-refractivity contribution in [3.05, 3.63) is 63.6 Å². The fraction of sp³-hybridized carbons (Fsp3) is 0.133. The molecule has 0 heterocycles. The molecule has 0 atom stereocenters. The number of hydrogen-bond donors (Lipinski definition) is 1. The molecule has 0 amide bonds. The van der Waals surface area contributed by atoms with E-state index in [1.165, 1.54) is 0 Å². The summed E-state index contributed by atoms with van der Waals surface area (Å²) < 4.78 is 27.7. The van der Waals surface area contributed by atoms with Gasteiger partial charge in [0.15, 0.2) is 0 Å². The highest BCUT2D eigenvalue weighted by Crippen LogP contribution is 2.27. The second-order valence-corrected chi connectivity index (χ2v) is 7.12. The van der Waals surface area contributed by atoms with Gasteiger partial charge < -0.3 is 0 Å². The van der Waals surface area contributed by atoms with Gasteiger partial charge in [-0.3, -0.25) is 4.72 Å². The maximum Gasteiger partial charge on any atom is 0.236 e. The van der Waals surface area contributed by atoms with Gasteiger partial charge in [-0.1, -0.05) is 24.3 Å². The van der Waals surface area contributed by atoms with Gasteiger partial charge in [0, 0.05) is 4.47 Å². The largest absolute Gasteiger partial charge is 0.282 e. The Labute approximate surface area is 132 Å². The summed E-state index contributed by atoms with van der Waals surface area (Å²) in [5.41, 5.74) is 2.60. The highest BCUT2D eigenvalue weighted by Gasteiger charge is 2.14. The molecule has 1 N–H and O–H groups in total. The molecule has 0 saturated heterocycles. The second kappa shape index (κ2) is 6.29. The fourth-order valence-electron chi connectivity index (χ4n) is 1.82. The van der Waals surface area contributed by atoms with Crippen molar-refractivity contribution in [2.24, 2.45) is 0 Å². The average Bonchev–Trinajstić information content (AvgIpc) is 2.44. The van der Waals surface area contributed by atoms with Crippen molar-refractivity contribution in [1.82, 2.24) is 0 Å². The van der Waals surface area contributed by atoms with Crippen LogP contribution < -0.4 is 4.72 Å². The Bertz CT molecular complexity index is 793. The Kier molecular flexibility index (Phi) is 4.66. The number of hydrogen-bond acceptors (Lipinski definition) is 3. The summed E-state index contributed by atoms with van der Waals surface area (Å²) in [6.45, 7) is 1.89. The van der Waals surface area contributed by atoms with Crippen LogP contribution in [0.2, 0.25) is 0 Å². The van der Waals surface area contributed by atoms with Crippen molar-refractivity contribution in [2.75, 3.05) is 4.72 Å². The topological polar surface area (TPSA) is 70.0 Å². The molecule has 6 heteroatoms. The number of halogens is 1. The molecule has 2 rings (SSSR count). The van der Waals surface area contributed by atoms with E-state index >= 15 is 0 Å². The van der Waals surface area contributed by atoms with E-state index in [2.05, 4.69) is 20.7 Å². The maximum atomic E-state index is 12.2. The standard InChI is InChI=1S/C15H13BrN2O2S/c1-11-3-2-4-14(15(11)16)18-21(19,20)10-13-7-5-12(9-17)6-8-13/h2-8,18H,10H2,1H3. The molecule has 0 aliphatic rings.